The highest BCUT2D eigenvalue weighted by Crippen LogP contribution is 2.41. The van der Waals surface area contributed by atoms with Crippen LogP contribution in [0.25, 0.3) is 0 Å². The van der Waals surface area contributed by atoms with E-state index in [0.29, 0.717) is 19.0 Å². The molecule has 1 unspecified atom stereocenters. The van der Waals surface area contributed by atoms with Crippen molar-refractivity contribution in [1.82, 2.24) is 4.90 Å². The number of amides is 1. The minimum atomic E-state index is -0.760. The van der Waals surface area contributed by atoms with Crippen molar-refractivity contribution < 1.29 is 27.8 Å². The van der Waals surface area contributed by atoms with Gasteiger partial charge in [0.2, 0.25) is 5.91 Å². The van der Waals surface area contributed by atoms with Gasteiger partial charge in [-0.2, -0.15) is 0 Å². The van der Waals surface area contributed by atoms with Gasteiger partial charge in [0.25, 0.3) is 0 Å². The van der Waals surface area contributed by atoms with Gasteiger partial charge in [0.05, 0.1) is 13.5 Å². The molecule has 1 aliphatic heterocycles. The second-order valence-corrected chi connectivity index (χ2v) is 9.11. The van der Waals surface area contributed by atoms with E-state index in [0.717, 1.165) is 25.0 Å². The number of carbonyl (C=O) groups is 2. The van der Waals surface area contributed by atoms with Crippen LogP contribution in [0.1, 0.15) is 57.9 Å². The minimum Gasteiger partial charge on any atom is -0.497 e. The van der Waals surface area contributed by atoms with E-state index in [9.17, 15) is 18.4 Å². The fourth-order valence-electron chi connectivity index (χ4n) is 3.96. The smallest absolute Gasteiger partial charge is 0.306 e. The molecule has 2 fully saturated rings. The predicted octanol–water partition coefficient (Wildman–Crippen LogP) is 4.05. The third-order valence-corrected chi connectivity index (χ3v) is 5.45. The Morgan fingerprint density at radius 3 is 2.34 bits per heavy atom. The first-order chi connectivity index (χ1) is 13.6. The van der Waals surface area contributed by atoms with Crippen LogP contribution in [0.2, 0.25) is 0 Å². The van der Waals surface area contributed by atoms with E-state index in [1.54, 1.807) is 25.7 Å². The number of hydrogen-bond donors (Lipinski definition) is 0. The summed E-state index contributed by atoms with van der Waals surface area (Å²) in [7, 11) is 1.33. The first kappa shape index (κ1) is 21.5. The predicted molar refractivity (Wildman–Crippen MR) is 104 cm³/mol. The van der Waals surface area contributed by atoms with Gasteiger partial charge in [0.1, 0.15) is 23.0 Å². The number of methoxy groups -OCH3 is 1. The van der Waals surface area contributed by atoms with Gasteiger partial charge in [-0.1, -0.05) is 0 Å². The molecule has 2 aliphatic rings. The van der Waals surface area contributed by atoms with Crippen molar-refractivity contribution in [3.05, 3.63) is 29.3 Å². The summed E-state index contributed by atoms with van der Waals surface area (Å²) in [5.41, 5.74) is -0.805. The summed E-state index contributed by atoms with van der Waals surface area (Å²) in [5.74, 6) is -2.65. The van der Waals surface area contributed by atoms with Crippen LogP contribution < -0.4 is 4.74 Å². The molecule has 7 heteroatoms. The van der Waals surface area contributed by atoms with E-state index in [1.165, 1.54) is 7.11 Å². The summed E-state index contributed by atoms with van der Waals surface area (Å²) < 4.78 is 39.8. The summed E-state index contributed by atoms with van der Waals surface area (Å²) in [4.78, 5) is 26.9. The Hall–Kier alpha value is -2.18. The number of ether oxygens (including phenoxy) is 2. The zero-order chi connectivity index (χ0) is 21.3. The van der Waals surface area contributed by atoms with Gasteiger partial charge in [-0.25, -0.2) is 8.78 Å². The van der Waals surface area contributed by atoms with E-state index in [-0.39, 0.29) is 30.1 Å². The minimum absolute atomic E-state index is 0.00128. The summed E-state index contributed by atoms with van der Waals surface area (Å²) in [6.07, 6.45) is 2.15. The van der Waals surface area contributed by atoms with Crippen LogP contribution in [0.3, 0.4) is 0 Å². The fraction of sp³-hybridized carbons (Fsp3) is 0.636. The molecule has 1 aliphatic carbocycles. The Morgan fingerprint density at radius 2 is 1.83 bits per heavy atom. The third kappa shape index (κ3) is 5.46. The van der Waals surface area contributed by atoms with Gasteiger partial charge < -0.3 is 14.4 Å². The van der Waals surface area contributed by atoms with Crippen molar-refractivity contribution >= 4 is 11.9 Å². The number of halogens is 2. The average molecular weight is 409 g/mol. The monoisotopic (exact) mass is 409 g/mol. The molecule has 0 N–H and O–H groups in total. The topological polar surface area (TPSA) is 55.8 Å². The number of nitrogens with zero attached hydrogens (tertiary/aromatic N) is 1. The maximum Gasteiger partial charge on any atom is 0.306 e. The number of benzene rings is 1. The van der Waals surface area contributed by atoms with Gasteiger partial charge >= 0.3 is 5.97 Å². The molecule has 2 atom stereocenters. The number of likely N-dealkylation sites (tertiary alicyclic amines) is 1. The molecular formula is C22H29F2NO4. The molecule has 5 nitrogen and oxygen atoms in total. The Morgan fingerprint density at radius 1 is 1.21 bits per heavy atom. The summed E-state index contributed by atoms with van der Waals surface area (Å²) >= 11 is 0. The zero-order valence-corrected chi connectivity index (χ0v) is 17.5. The van der Waals surface area contributed by atoms with E-state index in [4.69, 9.17) is 9.47 Å². The lowest BCUT2D eigenvalue weighted by molar-refractivity contribution is -0.157. The van der Waals surface area contributed by atoms with E-state index in [2.05, 4.69) is 0 Å². The van der Waals surface area contributed by atoms with Crippen LogP contribution in [0.15, 0.2) is 12.1 Å². The van der Waals surface area contributed by atoms with Gasteiger partial charge in [-0.3, -0.25) is 9.59 Å². The summed E-state index contributed by atoms with van der Waals surface area (Å²) in [6, 6.07) is 2.23. The van der Waals surface area contributed by atoms with Crippen LogP contribution in [-0.4, -0.2) is 42.6 Å². The Balaban J connectivity index is 1.87. The third-order valence-electron chi connectivity index (χ3n) is 5.45. The lowest BCUT2D eigenvalue weighted by atomic mass is 9.77. The van der Waals surface area contributed by atoms with Crippen molar-refractivity contribution in [3.8, 4) is 5.75 Å². The van der Waals surface area contributed by atoms with Crippen LogP contribution >= 0.6 is 0 Å². The van der Waals surface area contributed by atoms with E-state index in [1.807, 2.05) is 0 Å². The highest BCUT2D eigenvalue weighted by molar-refractivity contribution is 5.79. The van der Waals surface area contributed by atoms with Crippen LogP contribution in [0, 0.1) is 23.5 Å². The molecule has 0 spiro atoms. The molecule has 1 saturated heterocycles. The van der Waals surface area contributed by atoms with Gasteiger partial charge in [-0.15, -0.1) is 0 Å². The molecule has 1 heterocycles. The van der Waals surface area contributed by atoms with Gasteiger partial charge in [0.15, 0.2) is 0 Å². The van der Waals surface area contributed by atoms with E-state index >= 15 is 0 Å². The van der Waals surface area contributed by atoms with Crippen molar-refractivity contribution in [2.45, 2.75) is 58.0 Å². The number of hydrogen-bond acceptors (Lipinski definition) is 4. The zero-order valence-electron chi connectivity index (χ0n) is 17.5. The van der Waals surface area contributed by atoms with Crippen molar-refractivity contribution in [2.24, 2.45) is 11.8 Å². The molecule has 29 heavy (non-hydrogen) atoms. The van der Waals surface area contributed by atoms with E-state index < -0.39 is 35.0 Å². The second kappa shape index (κ2) is 8.28. The molecule has 160 valence electrons. The molecule has 0 bridgehead atoms. The largest absolute Gasteiger partial charge is 0.497 e. The lowest BCUT2D eigenvalue weighted by Crippen LogP contribution is -2.45. The van der Waals surface area contributed by atoms with Gasteiger partial charge in [0, 0.05) is 43.1 Å². The Bertz CT molecular complexity index is 763. The number of esters is 1. The normalized spacial score (nSPS) is 22.6. The maximum absolute atomic E-state index is 14.7. The molecular weight excluding hydrogens is 380 g/mol. The number of rotatable bonds is 6. The lowest BCUT2D eigenvalue weighted by Gasteiger charge is -2.39. The summed E-state index contributed by atoms with van der Waals surface area (Å²) in [5, 5.41) is 0. The quantitative estimate of drug-likeness (QED) is 0.666. The number of piperidine rings is 1. The standard InChI is InChI=1S/C22H29F2NO4/c1-22(2,3)29-20(27)7-14-12-25(11-13-5-6-13)19(26)10-16(14)21-17(23)8-15(28-4)9-18(21)24/h8-9,13-14,16H,5-7,10-12H2,1-4H3/t14-,16?/m1/s1. The molecule has 1 amide bonds. The highest BCUT2D eigenvalue weighted by atomic mass is 19.1. The van der Waals surface area contributed by atoms with Crippen LogP contribution in [0.5, 0.6) is 5.75 Å². The highest BCUT2D eigenvalue weighted by Gasteiger charge is 2.41. The molecule has 0 aromatic heterocycles. The first-order valence-corrected chi connectivity index (χ1v) is 10.1. The first-order valence-electron chi connectivity index (χ1n) is 10.1. The summed E-state index contributed by atoms with van der Waals surface area (Å²) in [6.45, 7) is 6.26. The molecule has 1 aromatic rings. The second-order valence-electron chi connectivity index (χ2n) is 9.11. The molecule has 3 rings (SSSR count). The molecule has 1 saturated carbocycles. The molecule has 1 aromatic carbocycles. The van der Waals surface area contributed by atoms with Crippen molar-refractivity contribution in [2.75, 3.05) is 20.2 Å². The Kier molecular flexibility index (Phi) is 6.15. The average Bonchev–Trinajstić information content (AvgIpc) is 3.40. The number of carbonyl (C=O) groups excluding carboxylic acids is 2. The van der Waals surface area contributed by atoms with Crippen LogP contribution in [-0.2, 0) is 14.3 Å². The Labute approximate surface area is 170 Å². The maximum atomic E-state index is 14.7. The van der Waals surface area contributed by atoms with Gasteiger partial charge in [-0.05, 0) is 45.4 Å². The molecule has 0 radical (unpaired) electrons. The van der Waals surface area contributed by atoms with Crippen molar-refractivity contribution in [1.29, 1.82) is 0 Å². The van der Waals surface area contributed by atoms with Crippen molar-refractivity contribution in [3.63, 3.8) is 0 Å². The fourth-order valence-corrected chi connectivity index (χ4v) is 3.96. The van der Waals surface area contributed by atoms with Crippen LogP contribution in [0.4, 0.5) is 8.78 Å². The SMILES string of the molecule is COc1cc(F)c(C2CC(=O)N(CC3CC3)C[C@H]2CC(=O)OC(C)(C)C)c(F)c1.